The second-order valence-corrected chi connectivity index (χ2v) is 3.67. The van der Waals surface area contributed by atoms with Crippen LogP contribution in [0.15, 0.2) is 18.2 Å². The van der Waals surface area contributed by atoms with Gasteiger partial charge in [-0.1, -0.05) is 23.2 Å². The van der Waals surface area contributed by atoms with E-state index in [0.717, 1.165) is 0 Å². The van der Waals surface area contributed by atoms with Crippen LogP contribution in [0.25, 0.3) is 0 Å². The molecular weight excluding hydrogens is 239 g/mol. The van der Waals surface area contributed by atoms with Gasteiger partial charge in [0.2, 0.25) is 0 Å². The fraction of sp³-hybridized carbons (Fsp3) is 0.300. The summed E-state index contributed by atoms with van der Waals surface area (Å²) in [5.41, 5.74) is 0. The first-order valence-corrected chi connectivity index (χ1v) is 4.99. The molecule has 0 bridgehead atoms. The van der Waals surface area contributed by atoms with Gasteiger partial charge in [0.1, 0.15) is 5.75 Å². The van der Waals surface area contributed by atoms with Crippen LogP contribution in [-0.2, 0) is 9.53 Å². The normalized spacial score (nSPS) is 12.0. The zero-order valence-corrected chi connectivity index (χ0v) is 9.80. The average Bonchev–Trinajstić information content (AvgIpc) is 2.22. The molecular formula is C10H10Cl2O3. The summed E-state index contributed by atoms with van der Waals surface area (Å²) < 4.78 is 9.80. The lowest BCUT2D eigenvalue weighted by Gasteiger charge is -2.12. The van der Waals surface area contributed by atoms with Gasteiger partial charge in [0, 0.05) is 6.07 Å². The Morgan fingerprint density at radius 1 is 1.33 bits per heavy atom. The number of rotatable bonds is 3. The van der Waals surface area contributed by atoms with E-state index in [1.54, 1.807) is 25.1 Å². The van der Waals surface area contributed by atoms with Crippen LogP contribution >= 0.6 is 23.2 Å². The number of hydrogen-bond donors (Lipinski definition) is 0. The van der Waals surface area contributed by atoms with Gasteiger partial charge >= 0.3 is 5.97 Å². The highest BCUT2D eigenvalue weighted by atomic mass is 35.5. The Labute approximate surface area is 97.9 Å². The minimum atomic E-state index is -0.674. The third kappa shape index (κ3) is 3.29. The first-order chi connectivity index (χ1) is 7.04. The maximum absolute atomic E-state index is 11.1. The standard InChI is InChI=1S/C10H10Cl2O3/c1-6(10(13)14-2)15-7-3-4-8(11)9(12)5-7/h3-6H,1-2H3/t6-/m0/s1. The van der Waals surface area contributed by atoms with Crippen LogP contribution in [0.5, 0.6) is 5.75 Å². The highest BCUT2D eigenvalue weighted by Gasteiger charge is 2.14. The third-order valence-electron chi connectivity index (χ3n) is 1.74. The van der Waals surface area contributed by atoms with Gasteiger partial charge in [0.25, 0.3) is 0 Å². The maximum Gasteiger partial charge on any atom is 0.346 e. The van der Waals surface area contributed by atoms with E-state index in [-0.39, 0.29) is 0 Å². The van der Waals surface area contributed by atoms with Crippen molar-refractivity contribution in [1.82, 2.24) is 0 Å². The topological polar surface area (TPSA) is 35.5 Å². The number of methoxy groups -OCH3 is 1. The van der Waals surface area contributed by atoms with Crippen LogP contribution in [0.2, 0.25) is 10.0 Å². The molecule has 0 aliphatic rings. The van der Waals surface area contributed by atoms with Crippen molar-refractivity contribution in [1.29, 1.82) is 0 Å². The summed E-state index contributed by atoms with van der Waals surface area (Å²) in [5, 5.41) is 0.820. The third-order valence-corrected chi connectivity index (χ3v) is 2.48. The number of esters is 1. The number of carbonyl (C=O) groups excluding carboxylic acids is 1. The van der Waals surface area contributed by atoms with Gasteiger partial charge in [-0.3, -0.25) is 0 Å². The Morgan fingerprint density at radius 2 is 2.00 bits per heavy atom. The molecule has 15 heavy (non-hydrogen) atoms. The quantitative estimate of drug-likeness (QED) is 0.772. The number of halogens is 2. The van der Waals surface area contributed by atoms with Gasteiger partial charge in [0.15, 0.2) is 6.10 Å². The van der Waals surface area contributed by atoms with Crippen LogP contribution in [-0.4, -0.2) is 19.2 Å². The molecule has 0 radical (unpaired) electrons. The molecule has 0 N–H and O–H groups in total. The average molecular weight is 249 g/mol. The highest BCUT2D eigenvalue weighted by Crippen LogP contribution is 2.26. The lowest BCUT2D eigenvalue weighted by molar-refractivity contribution is -0.147. The first kappa shape index (κ1) is 12.1. The van der Waals surface area contributed by atoms with Crippen molar-refractivity contribution in [2.24, 2.45) is 0 Å². The Morgan fingerprint density at radius 3 is 2.53 bits per heavy atom. The molecule has 5 heteroatoms. The monoisotopic (exact) mass is 248 g/mol. The Hall–Kier alpha value is -0.930. The second-order valence-electron chi connectivity index (χ2n) is 2.86. The molecule has 0 aromatic heterocycles. The van der Waals surface area contributed by atoms with Crippen molar-refractivity contribution in [3.8, 4) is 5.75 Å². The van der Waals surface area contributed by atoms with Crippen molar-refractivity contribution < 1.29 is 14.3 Å². The van der Waals surface area contributed by atoms with E-state index in [2.05, 4.69) is 4.74 Å². The van der Waals surface area contributed by atoms with E-state index < -0.39 is 12.1 Å². The molecule has 0 saturated carbocycles. The molecule has 0 aliphatic heterocycles. The summed E-state index contributed by atoms with van der Waals surface area (Å²) in [6.07, 6.45) is -0.674. The lowest BCUT2D eigenvalue weighted by atomic mass is 10.3. The smallest absolute Gasteiger partial charge is 0.346 e. The summed E-state index contributed by atoms with van der Waals surface area (Å²) >= 11 is 11.5. The van der Waals surface area contributed by atoms with Crippen molar-refractivity contribution in [3.05, 3.63) is 28.2 Å². The van der Waals surface area contributed by atoms with Crippen molar-refractivity contribution in [2.45, 2.75) is 13.0 Å². The number of ether oxygens (including phenoxy) is 2. The number of hydrogen-bond acceptors (Lipinski definition) is 3. The van der Waals surface area contributed by atoms with Crippen LogP contribution in [0.4, 0.5) is 0 Å². The summed E-state index contributed by atoms with van der Waals surface area (Å²) in [6.45, 7) is 1.59. The lowest BCUT2D eigenvalue weighted by Crippen LogP contribution is -2.24. The van der Waals surface area contributed by atoms with E-state index >= 15 is 0 Å². The van der Waals surface area contributed by atoms with Crippen molar-refractivity contribution >= 4 is 29.2 Å². The van der Waals surface area contributed by atoms with Gasteiger partial charge in [-0.05, 0) is 19.1 Å². The number of carbonyl (C=O) groups is 1. The molecule has 1 aromatic rings. The highest BCUT2D eigenvalue weighted by molar-refractivity contribution is 6.42. The molecule has 0 spiro atoms. The first-order valence-electron chi connectivity index (χ1n) is 4.24. The van der Waals surface area contributed by atoms with E-state index in [9.17, 15) is 4.79 Å². The predicted molar refractivity (Wildman–Crippen MR) is 58.6 cm³/mol. The van der Waals surface area contributed by atoms with Gasteiger partial charge in [0.05, 0.1) is 17.2 Å². The summed E-state index contributed by atoms with van der Waals surface area (Å²) in [6, 6.07) is 4.78. The molecule has 0 saturated heterocycles. The Kier molecular flexibility index (Phi) is 4.24. The minimum Gasteiger partial charge on any atom is -0.479 e. The largest absolute Gasteiger partial charge is 0.479 e. The van der Waals surface area contributed by atoms with Crippen molar-refractivity contribution in [3.63, 3.8) is 0 Å². The van der Waals surface area contributed by atoms with Gasteiger partial charge in [-0.2, -0.15) is 0 Å². The molecule has 0 amide bonds. The van der Waals surface area contributed by atoms with E-state index in [0.29, 0.717) is 15.8 Å². The molecule has 0 aliphatic carbocycles. The Balaban J connectivity index is 2.73. The molecule has 3 nitrogen and oxygen atoms in total. The van der Waals surface area contributed by atoms with E-state index in [1.165, 1.54) is 7.11 Å². The molecule has 82 valence electrons. The fourth-order valence-corrected chi connectivity index (χ4v) is 1.26. The minimum absolute atomic E-state index is 0.381. The van der Waals surface area contributed by atoms with Crippen LogP contribution in [0.3, 0.4) is 0 Å². The Bertz CT molecular complexity index is 366. The predicted octanol–water partition coefficient (Wildman–Crippen LogP) is 2.93. The molecule has 1 atom stereocenters. The molecule has 1 rings (SSSR count). The van der Waals surface area contributed by atoms with Crippen molar-refractivity contribution in [2.75, 3.05) is 7.11 Å². The summed E-state index contributed by atoms with van der Waals surface area (Å²) in [4.78, 5) is 11.1. The number of benzene rings is 1. The van der Waals surface area contributed by atoms with E-state index in [1.807, 2.05) is 0 Å². The van der Waals surface area contributed by atoms with Crippen LogP contribution < -0.4 is 4.74 Å². The maximum atomic E-state index is 11.1. The second kappa shape index (κ2) is 5.24. The van der Waals surface area contributed by atoms with Gasteiger partial charge in [-0.25, -0.2) is 4.79 Å². The molecule has 1 aromatic carbocycles. The summed E-state index contributed by atoms with van der Waals surface area (Å²) in [5.74, 6) is 0.0309. The zero-order valence-electron chi connectivity index (χ0n) is 8.29. The van der Waals surface area contributed by atoms with E-state index in [4.69, 9.17) is 27.9 Å². The van der Waals surface area contributed by atoms with Gasteiger partial charge < -0.3 is 9.47 Å². The van der Waals surface area contributed by atoms with Gasteiger partial charge in [-0.15, -0.1) is 0 Å². The fourth-order valence-electron chi connectivity index (χ4n) is 0.968. The zero-order chi connectivity index (χ0) is 11.4. The molecule has 0 unspecified atom stereocenters. The molecule has 0 fully saturated rings. The van der Waals surface area contributed by atoms with Crippen LogP contribution in [0, 0.1) is 0 Å². The summed E-state index contributed by atoms with van der Waals surface area (Å²) in [7, 11) is 1.30. The van der Waals surface area contributed by atoms with Crippen LogP contribution in [0.1, 0.15) is 6.92 Å². The SMILES string of the molecule is COC(=O)[C@H](C)Oc1ccc(Cl)c(Cl)c1. The molecule has 0 heterocycles.